The fourth-order valence-electron chi connectivity index (χ4n) is 1.03. The molecule has 84 valence electrons. The molecule has 0 amide bonds. The molecule has 0 aromatic heterocycles. The number of aliphatic hydroxyl groups is 1. The van der Waals surface area contributed by atoms with Crippen molar-refractivity contribution in [3.63, 3.8) is 0 Å². The van der Waals surface area contributed by atoms with Crippen molar-refractivity contribution in [1.29, 1.82) is 0 Å². The molecule has 0 unspecified atom stereocenters. The number of hydrogen-bond donors (Lipinski definition) is 2. The molecule has 3 nitrogen and oxygen atoms in total. The Labute approximate surface area is 91.8 Å². The number of anilines is 1. The molecule has 0 spiro atoms. The van der Waals surface area contributed by atoms with E-state index < -0.39 is 18.7 Å². The van der Waals surface area contributed by atoms with Crippen molar-refractivity contribution >= 4 is 21.6 Å². The van der Waals surface area contributed by atoms with Crippen molar-refractivity contribution < 1.29 is 23.0 Å². The first-order chi connectivity index (χ1) is 6.83. The number of benzene rings is 1. The van der Waals surface area contributed by atoms with Crippen LogP contribution in [0.15, 0.2) is 16.6 Å². The normalized spacial score (nSPS) is 11.5. The van der Waals surface area contributed by atoms with Gasteiger partial charge in [-0.05, 0) is 12.1 Å². The molecule has 1 aromatic carbocycles. The van der Waals surface area contributed by atoms with Crippen LogP contribution in [0.3, 0.4) is 0 Å². The highest BCUT2D eigenvalue weighted by Crippen LogP contribution is 2.34. The van der Waals surface area contributed by atoms with Crippen LogP contribution in [0.5, 0.6) is 5.75 Å². The largest absolute Gasteiger partial charge is 0.573 e. The lowest BCUT2D eigenvalue weighted by molar-refractivity contribution is -0.274. The quantitative estimate of drug-likeness (QED) is 0.821. The summed E-state index contributed by atoms with van der Waals surface area (Å²) in [4.78, 5) is 0. The number of ether oxygens (including phenoxy) is 1. The Balaban J connectivity index is 3.15. The van der Waals surface area contributed by atoms with Crippen LogP contribution in [-0.4, -0.2) is 11.5 Å². The molecule has 0 aliphatic carbocycles. The van der Waals surface area contributed by atoms with E-state index in [-0.39, 0.29) is 11.3 Å². The summed E-state index contributed by atoms with van der Waals surface area (Å²) in [6.45, 7) is -0.588. The first kappa shape index (κ1) is 12.1. The molecule has 7 heteroatoms. The molecule has 0 saturated carbocycles. The van der Waals surface area contributed by atoms with Gasteiger partial charge < -0.3 is 15.6 Å². The first-order valence-corrected chi connectivity index (χ1v) is 4.57. The van der Waals surface area contributed by atoms with E-state index in [0.29, 0.717) is 4.47 Å². The second-order valence-corrected chi connectivity index (χ2v) is 3.60. The Hall–Kier alpha value is -0.950. The van der Waals surface area contributed by atoms with Crippen LogP contribution in [0.1, 0.15) is 5.56 Å². The van der Waals surface area contributed by atoms with Crippen molar-refractivity contribution in [2.45, 2.75) is 13.0 Å². The summed E-state index contributed by atoms with van der Waals surface area (Å²) >= 11 is 3.04. The molecule has 0 bridgehead atoms. The van der Waals surface area contributed by atoms with Gasteiger partial charge in [0.05, 0.1) is 12.3 Å². The average Bonchev–Trinajstić information content (AvgIpc) is 2.07. The van der Waals surface area contributed by atoms with Crippen molar-refractivity contribution in [3.05, 3.63) is 22.2 Å². The SMILES string of the molecule is Nc1cc(Br)cc(CO)c1OC(F)(F)F. The zero-order valence-electron chi connectivity index (χ0n) is 7.31. The fraction of sp³-hybridized carbons (Fsp3) is 0.250. The molecular weight excluding hydrogens is 279 g/mol. The van der Waals surface area contributed by atoms with E-state index in [1.807, 2.05) is 0 Å². The number of aliphatic hydroxyl groups excluding tert-OH is 1. The summed E-state index contributed by atoms with van der Waals surface area (Å²) in [6.07, 6.45) is -4.83. The second kappa shape index (κ2) is 4.28. The van der Waals surface area contributed by atoms with Gasteiger partial charge in [-0.15, -0.1) is 13.2 Å². The Morgan fingerprint density at radius 3 is 2.47 bits per heavy atom. The van der Waals surface area contributed by atoms with Gasteiger partial charge >= 0.3 is 6.36 Å². The van der Waals surface area contributed by atoms with E-state index in [1.165, 1.54) is 12.1 Å². The Morgan fingerprint density at radius 2 is 2.00 bits per heavy atom. The third-order valence-corrected chi connectivity index (χ3v) is 2.01. The summed E-state index contributed by atoms with van der Waals surface area (Å²) in [5, 5.41) is 8.84. The van der Waals surface area contributed by atoms with Crippen molar-refractivity contribution in [3.8, 4) is 5.75 Å². The second-order valence-electron chi connectivity index (χ2n) is 2.69. The maximum Gasteiger partial charge on any atom is 0.573 e. The average molecular weight is 286 g/mol. The minimum Gasteiger partial charge on any atom is -0.403 e. The van der Waals surface area contributed by atoms with Gasteiger partial charge in [0.15, 0.2) is 5.75 Å². The zero-order chi connectivity index (χ0) is 11.6. The molecule has 0 fully saturated rings. The summed E-state index contributed by atoms with van der Waals surface area (Å²) in [5.41, 5.74) is 5.12. The molecule has 0 aliphatic rings. The maximum atomic E-state index is 12.0. The number of hydrogen-bond acceptors (Lipinski definition) is 3. The third-order valence-electron chi connectivity index (χ3n) is 1.55. The Kier molecular flexibility index (Phi) is 3.46. The van der Waals surface area contributed by atoms with E-state index >= 15 is 0 Å². The highest BCUT2D eigenvalue weighted by Gasteiger charge is 2.33. The summed E-state index contributed by atoms with van der Waals surface area (Å²) < 4.78 is 40.1. The minimum absolute atomic E-state index is 0.0285. The molecule has 0 radical (unpaired) electrons. The van der Waals surface area contributed by atoms with E-state index in [9.17, 15) is 13.2 Å². The standard InChI is InChI=1S/C8H7BrF3NO2/c9-5-1-4(3-14)7(6(13)2-5)15-8(10,11)12/h1-2,14H,3,13H2. The van der Waals surface area contributed by atoms with E-state index in [0.717, 1.165) is 0 Å². The third kappa shape index (κ3) is 3.28. The molecule has 15 heavy (non-hydrogen) atoms. The zero-order valence-corrected chi connectivity index (χ0v) is 8.89. The van der Waals surface area contributed by atoms with Gasteiger partial charge in [0.25, 0.3) is 0 Å². The molecule has 1 aromatic rings. The first-order valence-electron chi connectivity index (χ1n) is 3.78. The molecule has 0 aliphatic heterocycles. The van der Waals surface area contributed by atoms with Crippen molar-refractivity contribution in [2.24, 2.45) is 0 Å². The van der Waals surface area contributed by atoms with Gasteiger partial charge in [-0.3, -0.25) is 0 Å². The van der Waals surface area contributed by atoms with Gasteiger partial charge in [-0.25, -0.2) is 0 Å². The summed E-state index contributed by atoms with van der Waals surface area (Å²) in [7, 11) is 0. The predicted molar refractivity (Wildman–Crippen MR) is 51.2 cm³/mol. The number of halogens is 4. The predicted octanol–water partition coefficient (Wildman–Crippen LogP) is 2.42. The van der Waals surface area contributed by atoms with Crippen LogP contribution in [0.4, 0.5) is 18.9 Å². The smallest absolute Gasteiger partial charge is 0.403 e. The van der Waals surface area contributed by atoms with Gasteiger partial charge in [0.2, 0.25) is 0 Å². The van der Waals surface area contributed by atoms with Crippen LogP contribution in [0, 0.1) is 0 Å². The van der Waals surface area contributed by atoms with Crippen molar-refractivity contribution in [2.75, 3.05) is 5.73 Å². The summed E-state index contributed by atoms with van der Waals surface area (Å²) in [6, 6.07) is 2.57. The van der Waals surface area contributed by atoms with E-state index in [4.69, 9.17) is 10.8 Å². The molecular formula is C8H7BrF3NO2. The van der Waals surface area contributed by atoms with Gasteiger partial charge in [-0.1, -0.05) is 15.9 Å². The highest BCUT2D eigenvalue weighted by atomic mass is 79.9. The van der Waals surface area contributed by atoms with Crippen LogP contribution >= 0.6 is 15.9 Å². The van der Waals surface area contributed by atoms with Crippen molar-refractivity contribution in [1.82, 2.24) is 0 Å². The number of nitrogens with two attached hydrogens (primary N) is 1. The molecule has 0 saturated heterocycles. The molecule has 1 rings (SSSR count). The minimum atomic E-state index is -4.83. The maximum absolute atomic E-state index is 12.0. The summed E-state index contributed by atoms with van der Waals surface area (Å²) in [5.74, 6) is -0.562. The lowest BCUT2D eigenvalue weighted by Gasteiger charge is -2.14. The molecule has 3 N–H and O–H groups in total. The fourth-order valence-corrected chi connectivity index (χ4v) is 1.55. The number of alkyl halides is 3. The number of nitrogen functional groups attached to an aromatic ring is 1. The Morgan fingerprint density at radius 1 is 1.40 bits per heavy atom. The van der Waals surface area contributed by atoms with E-state index in [2.05, 4.69) is 20.7 Å². The van der Waals surface area contributed by atoms with Crippen LogP contribution in [0.2, 0.25) is 0 Å². The lowest BCUT2D eigenvalue weighted by atomic mass is 10.2. The lowest BCUT2D eigenvalue weighted by Crippen LogP contribution is -2.19. The highest BCUT2D eigenvalue weighted by molar-refractivity contribution is 9.10. The van der Waals surface area contributed by atoms with Crippen LogP contribution in [-0.2, 0) is 6.61 Å². The van der Waals surface area contributed by atoms with Crippen LogP contribution < -0.4 is 10.5 Å². The molecule has 0 atom stereocenters. The Bertz CT molecular complexity index is 368. The molecule has 0 heterocycles. The monoisotopic (exact) mass is 285 g/mol. The van der Waals surface area contributed by atoms with Gasteiger partial charge in [-0.2, -0.15) is 0 Å². The van der Waals surface area contributed by atoms with Gasteiger partial charge in [0.1, 0.15) is 0 Å². The van der Waals surface area contributed by atoms with Crippen LogP contribution in [0.25, 0.3) is 0 Å². The van der Waals surface area contributed by atoms with E-state index in [1.54, 1.807) is 0 Å². The number of rotatable bonds is 2. The van der Waals surface area contributed by atoms with Gasteiger partial charge in [0, 0.05) is 10.0 Å². The topological polar surface area (TPSA) is 55.5 Å².